The van der Waals surface area contributed by atoms with E-state index in [1.54, 1.807) is 7.05 Å². The van der Waals surface area contributed by atoms with Crippen LogP contribution in [0.4, 0.5) is 5.69 Å². The first kappa shape index (κ1) is 7.57. The lowest BCUT2D eigenvalue weighted by Crippen LogP contribution is -1.93. The maximum atomic E-state index is 5.68. The third kappa shape index (κ3) is 1.30. The average molecular weight is 178 g/mol. The second-order valence-electron chi connectivity index (χ2n) is 1.61. The molecular weight excluding hydrogens is 173 g/mol. The molecule has 1 N–H and O–H groups in total. The van der Waals surface area contributed by atoms with Crippen LogP contribution >= 0.6 is 23.2 Å². The summed E-state index contributed by atoms with van der Waals surface area (Å²) in [5.41, 5.74) is 0.610. The number of hydrogen-bond acceptors (Lipinski definition) is 3. The molecule has 5 heteroatoms. The van der Waals surface area contributed by atoms with E-state index in [4.69, 9.17) is 23.2 Å². The van der Waals surface area contributed by atoms with Crippen molar-refractivity contribution in [3.63, 3.8) is 0 Å². The van der Waals surface area contributed by atoms with Gasteiger partial charge in [0.2, 0.25) is 0 Å². The third-order valence-electron chi connectivity index (χ3n) is 1.01. The Labute approximate surface area is 68.4 Å². The van der Waals surface area contributed by atoms with Crippen LogP contribution in [0.25, 0.3) is 0 Å². The van der Waals surface area contributed by atoms with E-state index in [2.05, 4.69) is 15.5 Å². The molecule has 1 heterocycles. The molecule has 0 saturated heterocycles. The summed E-state index contributed by atoms with van der Waals surface area (Å²) in [5, 5.41) is 10.7. The average Bonchev–Trinajstić information content (AvgIpc) is 1.88. The molecule has 0 aliphatic carbocycles. The first-order valence-corrected chi connectivity index (χ1v) is 3.35. The number of aromatic nitrogens is 2. The fraction of sp³-hybridized carbons (Fsp3) is 0.200. The van der Waals surface area contributed by atoms with Gasteiger partial charge in [0.15, 0.2) is 5.15 Å². The molecule has 0 spiro atoms. The smallest absolute Gasteiger partial charge is 0.176 e. The number of rotatable bonds is 1. The molecule has 0 saturated carbocycles. The lowest BCUT2D eigenvalue weighted by Gasteiger charge is -2.01. The molecule has 10 heavy (non-hydrogen) atoms. The molecule has 0 fully saturated rings. The van der Waals surface area contributed by atoms with Crippen molar-refractivity contribution in [1.82, 2.24) is 10.2 Å². The van der Waals surface area contributed by atoms with Crippen molar-refractivity contribution in [2.24, 2.45) is 0 Å². The molecule has 0 bridgehead atoms. The molecule has 1 aromatic heterocycles. The molecule has 1 rings (SSSR count). The fourth-order valence-electron chi connectivity index (χ4n) is 0.566. The van der Waals surface area contributed by atoms with E-state index in [0.29, 0.717) is 10.7 Å². The summed E-state index contributed by atoms with van der Waals surface area (Å²) in [7, 11) is 1.72. The lowest BCUT2D eigenvalue weighted by atomic mass is 10.5. The molecular formula is C5H5Cl2N3. The molecule has 0 aromatic carbocycles. The zero-order valence-corrected chi connectivity index (χ0v) is 6.74. The van der Waals surface area contributed by atoms with Crippen molar-refractivity contribution in [2.45, 2.75) is 0 Å². The predicted octanol–water partition coefficient (Wildman–Crippen LogP) is 1.83. The van der Waals surface area contributed by atoms with E-state index in [1.165, 1.54) is 6.20 Å². The monoisotopic (exact) mass is 177 g/mol. The van der Waals surface area contributed by atoms with Crippen molar-refractivity contribution >= 4 is 28.9 Å². The summed E-state index contributed by atoms with van der Waals surface area (Å²) in [6, 6.07) is 0. The number of anilines is 1. The Hall–Kier alpha value is -0.540. The fourth-order valence-corrected chi connectivity index (χ4v) is 1.08. The quantitative estimate of drug-likeness (QED) is 0.712. The van der Waals surface area contributed by atoms with Crippen LogP contribution in [-0.2, 0) is 0 Å². The second kappa shape index (κ2) is 3.03. The van der Waals surface area contributed by atoms with E-state index < -0.39 is 0 Å². The molecule has 1 aromatic rings. The summed E-state index contributed by atoms with van der Waals surface area (Å²) in [6.07, 6.45) is 1.43. The van der Waals surface area contributed by atoms with E-state index >= 15 is 0 Å². The van der Waals surface area contributed by atoms with Crippen molar-refractivity contribution in [3.8, 4) is 0 Å². The minimum absolute atomic E-state index is 0.287. The molecule has 0 radical (unpaired) electrons. The Kier molecular flexibility index (Phi) is 2.29. The van der Waals surface area contributed by atoms with Gasteiger partial charge in [-0.1, -0.05) is 23.2 Å². The van der Waals surface area contributed by atoms with E-state index in [1.807, 2.05) is 0 Å². The first-order chi connectivity index (χ1) is 4.75. The van der Waals surface area contributed by atoms with Gasteiger partial charge in [-0.05, 0) is 0 Å². The van der Waals surface area contributed by atoms with Crippen LogP contribution in [-0.4, -0.2) is 17.2 Å². The van der Waals surface area contributed by atoms with Crippen LogP contribution in [0.3, 0.4) is 0 Å². The molecule has 54 valence electrons. The van der Waals surface area contributed by atoms with Crippen molar-refractivity contribution < 1.29 is 0 Å². The Balaban J connectivity index is 3.17. The van der Waals surface area contributed by atoms with Crippen LogP contribution in [0.1, 0.15) is 0 Å². The van der Waals surface area contributed by atoms with E-state index in [-0.39, 0.29) is 5.15 Å². The number of nitrogens with zero attached hydrogens (tertiary/aromatic N) is 2. The van der Waals surface area contributed by atoms with Crippen LogP contribution in [0, 0.1) is 0 Å². The summed E-state index contributed by atoms with van der Waals surface area (Å²) in [4.78, 5) is 0. The summed E-state index contributed by atoms with van der Waals surface area (Å²) in [6.45, 7) is 0. The molecule has 0 aliphatic heterocycles. The van der Waals surface area contributed by atoms with Crippen LogP contribution in [0.15, 0.2) is 6.20 Å². The van der Waals surface area contributed by atoms with Crippen molar-refractivity contribution in [3.05, 3.63) is 16.4 Å². The largest absolute Gasteiger partial charge is 0.384 e. The highest BCUT2D eigenvalue weighted by Crippen LogP contribution is 2.25. The third-order valence-corrected chi connectivity index (χ3v) is 1.56. The normalized spacial score (nSPS) is 9.50. The van der Waals surface area contributed by atoms with Gasteiger partial charge < -0.3 is 5.32 Å². The van der Waals surface area contributed by atoms with E-state index in [0.717, 1.165) is 0 Å². The van der Waals surface area contributed by atoms with Gasteiger partial charge in [-0.2, -0.15) is 5.10 Å². The van der Waals surface area contributed by atoms with Crippen molar-refractivity contribution in [2.75, 3.05) is 12.4 Å². The van der Waals surface area contributed by atoms with Crippen LogP contribution in [0.2, 0.25) is 10.2 Å². The van der Waals surface area contributed by atoms with Gasteiger partial charge in [-0.3, -0.25) is 0 Å². The molecule has 0 aliphatic rings. The SMILES string of the molecule is CNc1c(Cl)cnnc1Cl. The van der Waals surface area contributed by atoms with Gasteiger partial charge in [0.1, 0.15) is 0 Å². The van der Waals surface area contributed by atoms with Gasteiger partial charge in [0.05, 0.1) is 16.9 Å². The number of nitrogens with one attached hydrogen (secondary N) is 1. The number of hydrogen-bond donors (Lipinski definition) is 1. The Morgan fingerprint density at radius 3 is 2.60 bits per heavy atom. The lowest BCUT2D eigenvalue weighted by molar-refractivity contribution is 1.03. The highest BCUT2D eigenvalue weighted by molar-refractivity contribution is 6.38. The maximum absolute atomic E-state index is 5.68. The zero-order valence-electron chi connectivity index (χ0n) is 5.23. The van der Waals surface area contributed by atoms with Gasteiger partial charge >= 0.3 is 0 Å². The minimum Gasteiger partial charge on any atom is -0.384 e. The van der Waals surface area contributed by atoms with E-state index in [9.17, 15) is 0 Å². The zero-order chi connectivity index (χ0) is 7.56. The van der Waals surface area contributed by atoms with Crippen LogP contribution in [0.5, 0.6) is 0 Å². The van der Waals surface area contributed by atoms with Gasteiger partial charge in [-0.15, -0.1) is 5.10 Å². The first-order valence-electron chi connectivity index (χ1n) is 2.60. The van der Waals surface area contributed by atoms with Gasteiger partial charge in [-0.25, -0.2) is 0 Å². The number of halogens is 2. The molecule has 0 unspecified atom stereocenters. The highest BCUT2D eigenvalue weighted by Gasteiger charge is 2.03. The molecule has 3 nitrogen and oxygen atoms in total. The maximum Gasteiger partial charge on any atom is 0.176 e. The van der Waals surface area contributed by atoms with Gasteiger partial charge in [0.25, 0.3) is 0 Å². The Morgan fingerprint density at radius 1 is 1.50 bits per heavy atom. The van der Waals surface area contributed by atoms with Crippen LogP contribution < -0.4 is 5.32 Å². The summed E-state index contributed by atoms with van der Waals surface area (Å²) in [5.74, 6) is 0. The van der Waals surface area contributed by atoms with Crippen molar-refractivity contribution in [1.29, 1.82) is 0 Å². The molecule has 0 amide bonds. The van der Waals surface area contributed by atoms with Gasteiger partial charge in [0, 0.05) is 7.05 Å². The topological polar surface area (TPSA) is 37.8 Å². The Morgan fingerprint density at radius 2 is 2.20 bits per heavy atom. The standard InChI is InChI=1S/C5H5Cl2N3/c1-8-4-3(6)2-9-10-5(4)7/h2H,1H3,(H,8,9). The minimum atomic E-state index is 0.287. The Bertz CT molecular complexity index is 218. The second-order valence-corrected chi connectivity index (χ2v) is 2.37. The summed E-state index contributed by atoms with van der Waals surface area (Å²) >= 11 is 11.3. The highest BCUT2D eigenvalue weighted by atomic mass is 35.5. The predicted molar refractivity (Wildman–Crippen MR) is 41.6 cm³/mol. The molecule has 0 atom stereocenters. The summed E-state index contributed by atoms with van der Waals surface area (Å²) < 4.78 is 0.